The fourth-order valence-electron chi connectivity index (χ4n) is 2.91. The highest BCUT2D eigenvalue weighted by Gasteiger charge is 2.46. The molecule has 2 heterocycles. The third kappa shape index (κ3) is 4.27. The van der Waals surface area contributed by atoms with Gasteiger partial charge < -0.3 is 50.0 Å². The molecule has 11 nitrogen and oxygen atoms in total. The van der Waals surface area contributed by atoms with E-state index in [1.807, 2.05) is 0 Å². The zero-order valence-corrected chi connectivity index (χ0v) is 13.3. The van der Waals surface area contributed by atoms with Crippen molar-refractivity contribution in [3.8, 4) is 0 Å². The van der Waals surface area contributed by atoms with Gasteiger partial charge in [0.05, 0.1) is 38.4 Å². The van der Waals surface area contributed by atoms with E-state index in [0.29, 0.717) is 0 Å². The molecule has 2 rings (SSSR count). The summed E-state index contributed by atoms with van der Waals surface area (Å²) in [5, 5.41) is 67.1. The van der Waals surface area contributed by atoms with Crippen LogP contribution in [0.3, 0.4) is 0 Å². The summed E-state index contributed by atoms with van der Waals surface area (Å²) in [6.07, 6.45) is -10.9. The molecule has 0 saturated carbocycles. The van der Waals surface area contributed by atoms with E-state index >= 15 is 0 Å². The molecule has 9 atom stereocenters. The van der Waals surface area contributed by atoms with E-state index in [2.05, 4.69) is 0 Å². The van der Waals surface area contributed by atoms with Crippen molar-refractivity contribution in [3.05, 3.63) is 0 Å². The number of hydrogen-bond donors (Lipinski definition) is 7. The first-order valence-corrected chi connectivity index (χ1v) is 7.87. The lowest BCUT2D eigenvalue weighted by molar-refractivity contribution is -0.242. The predicted octanol–water partition coefficient (Wildman–Crippen LogP) is -4.90. The first-order chi connectivity index (χ1) is 11.8. The van der Waals surface area contributed by atoms with Gasteiger partial charge in [0.25, 0.3) is 0 Å². The van der Waals surface area contributed by atoms with Gasteiger partial charge in [0.1, 0.15) is 36.6 Å². The summed E-state index contributed by atoms with van der Waals surface area (Å²) in [5.74, 6) is -1.96. The third-order valence-electron chi connectivity index (χ3n) is 4.51. The SMILES string of the molecule is O=C1OC(CO)[C@H](COC[C@@H]2OC(CO)[C@H](O)[C@H](O)C2O)[C@H](O)C1O. The Morgan fingerprint density at radius 1 is 0.800 bits per heavy atom. The predicted molar refractivity (Wildman–Crippen MR) is 77.1 cm³/mol. The highest BCUT2D eigenvalue weighted by molar-refractivity contribution is 5.76. The summed E-state index contributed by atoms with van der Waals surface area (Å²) in [6, 6.07) is 0. The third-order valence-corrected chi connectivity index (χ3v) is 4.51. The molecule has 0 aromatic carbocycles. The molecule has 0 amide bonds. The Hall–Kier alpha value is -0.890. The van der Waals surface area contributed by atoms with Gasteiger partial charge in [0.2, 0.25) is 0 Å². The largest absolute Gasteiger partial charge is 0.457 e. The molecule has 2 saturated heterocycles. The van der Waals surface area contributed by atoms with Crippen molar-refractivity contribution in [2.45, 2.75) is 48.8 Å². The van der Waals surface area contributed by atoms with Crippen LogP contribution in [0, 0.1) is 5.92 Å². The zero-order valence-electron chi connectivity index (χ0n) is 13.3. The van der Waals surface area contributed by atoms with Crippen molar-refractivity contribution in [3.63, 3.8) is 0 Å². The smallest absolute Gasteiger partial charge is 0.338 e. The molecule has 0 spiro atoms. The van der Waals surface area contributed by atoms with Gasteiger partial charge in [-0.15, -0.1) is 0 Å². The number of aliphatic hydroxyl groups excluding tert-OH is 7. The van der Waals surface area contributed by atoms with E-state index in [4.69, 9.17) is 19.3 Å². The van der Waals surface area contributed by atoms with Crippen LogP contribution < -0.4 is 0 Å². The first-order valence-electron chi connectivity index (χ1n) is 7.87. The Bertz CT molecular complexity index is 442. The Kier molecular flexibility index (Phi) is 7.08. The van der Waals surface area contributed by atoms with Gasteiger partial charge in [0.15, 0.2) is 6.10 Å². The molecule has 7 N–H and O–H groups in total. The van der Waals surface area contributed by atoms with Crippen LogP contribution in [-0.4, -0.2) is 117 Å². The Morgan fingerprint density at radius 3 is 2.00 bits per heavy atom. The number of esters is 1. The van der Waals surface area contributed by atoms with Gasteiger partial charge in [-0.25, -0.2) is 4.79 Å². The summed E-state index contributed by atoms with van der Waals surface area (Å²) in [5.41, 5.74) is 0. The Morgan fingerprint density at radius 2 is 1.40 bits per heavy atom. The van der Waals surface area contributed by atoms with E-state index in [9.17, 15) is 35.4 Å². The molecular formula is C14H24O11. The number of aliphatic hydroxyl groups is 7. The van der Waals surface area contributed by atoms with Crippen LogP contribution >= 0.6 is 0 Å². The van der Waals surface area contributed by atoms with E-state index in [1.54, 1.807) is 0 Å². The normalized spacial score (nSPS) is 45.2. The van der Waals surface area contributed by atoms with Crippen molar-refractivity contribution in [1.29, 1.82) is 0 Å². The second-order valence-corrected chi connectivity index (χ2v) is 6.16. The van der Waals surface area contributed by atoms with Gasteiger partial charge in [-0.2, -0.15) is 0 Å². The zero-order chi connectivity index (χ0) is 18.7. The number of cyclic esters (lactones) is 1. The monoisotopic (exact) mass is 368 g/mol. The lowest BCUT2D eigenvalue weighted by Gasteiger charge is -2.40. The van der Waals surface area contributed by atoms with E-state index in [0.717, 1.165) is 0 Å². The van der Waals surface area contributed by atoms with Crippen molar-refractivity contribution in [2.24, 2.45) is 5.92 Å². The molecule has 4 unspecified atom stereocenters. The van der Waals surface area contributed by atoms with Crippen molar-refractivity contribution in [2.75, 3.05) is 26.4 Å². The van der Waals surface area contributed by atoms with Gasteiger partial charge in [0, 0.05) is 0 Å². The highest BCUT2D eigenvalue weighted by atomic mass is 16.6. The molecule has 0 bridgehead atoms. The van der Waals surface area contributed by atoms with Crippen LogP contribution in [0.2, 0.25) is 0 Å². The second kappa shape index (κ2) is 8.66. The van der Waals surface area contributed by atoms with Crippen molar-refractivity contribution in [1.82, 2.24) is 0 Å². The summed E-state index contributed by atoms with van der Waals surface area (Å²) in [6.45, 7) is -1.67. The molecule has 25 heavy (non-hydrogen) atoms. The Balaban J connectivity index is 1.91. The van der Waals surface area contributed by atoms with Crippen molar-refractivity contribution >= 4 is 5.97 Å². The molecule has 0 radical (unpaired) electrons. The van der Waals surface area contributed by atoms with E-state index in [-0.39, 0.29) is 13.2 Å². The molecule has 0 aliphatic carbocycles. The van der Waals surface area contributed by atoms with Gasteiger partial charge >= 0.3 is 5.97 Å². The van der Waals surface area contributed by atoms with Gasteiger partial charge in [-0.05, 0) is 0 Å². The fourth-order valence-corrected chi connectivity index (χ4v) is 2.91. The summed E-state index contributed by atoms with van der Waals surface area (Å²) in [4.78, 5) is 11.3. The van der Waals surface area contributed by atoms with E-state index < -0.39 is 73.9 Å². The number of carbonyl (C=O) groups excluding carboxylic acids is 1. The second-order valence-electron chi connectivity index (χ2n) is 6.16. The minimum absolute atomic E-state index is 0.244. The van der Waals surface area contributed by atoms with Crippen molar-refractivity contribution < 1.29 is 54.8 Å². The highest BCUT2D eigenvalue weighted by Crippen LogP contribution is 2.25. The molecule has 2 aliphatic rings. The maximum Gasteiger partial charge on any atom is 0.338 e. The topological polar surface area (TPSA) is 186 Å². The van der Waals surface area contributed by atoms with E-state index in [1.165, 1.54) is 0 Å². The maximum absolute atomic E-state index is 11.3. The molecule has 146 valence electrons. The molecule has 11 heteroatoms. The number of ether oxygens (including phenoxy) is 3. The van der Waals surface area contributed by atoms with Crippen LogP contribution in [0.4, 0.5) is 0 Å². The lowest BCUT2D eigenvalue weighted by atomic mass is 9.90. The number of rotatable bonds is 6. The minimum Gasteiger partial charge on any atom is -0.457 e. The standard InChI is InChI=1S/C14H24O11/c15-1-6-5(9(17)13(21)14(22)25-6)3-23-4-8-11(19)12(20)10(18)7(2-16)24-8/h5-13,15-21H,1-4H2/t5-,6?,7?,8-,9-,10-,11?,12-,13?/m0/s1. The van der Waals surface area contributed by atoms with Gasteiger partial charge in [-0.3, -0.25) is 0 Å². The Labute approximate surface area is 143 Å². The molecular weight excluding hydrogens is 344 g/mol. The fraction of sp³-hybridized carbons (Fsp3) is 0.929. The van der Waals surface area contributed by atoms with Crippen LogP contribution in [0.5, 0.6) is 0 Å². The first kappa shape index (κ1) is 20.4. The number of carbonyl (C=O) groups is 1. The molecule has 2 aliphatic heterocycles. The van der Waals surface area contributed by atoms with Crippen LogP contribution in [-0.2, 0) is 19.0 Å². The maximum atomic E-state index is 11.3. The van der Waals surface area contributed by atoms with Crippen LogP contribution in [0.1, 0.15) is 0 Å². The molecule has 2 fully saturated rings. The minimum atomic E-state index is -1.76. The van der Waals surface area contributed by atoms with Crippen LogP contribution in [0.25, 0.3) is 0 Å². The summed E-state index contributed by atoms with van der Waals surface area (Å²) >= 11 is 0. The quantitative estimate of drug-likeness (QED) is 0.223. The lowest BCUT2D eigenvalue weighted by Crippen LogP contribution is -2.60. The number of hydrogen-bond acceptors (Lipinski definition) is 11. The summed E-state index contributed by atoms with van der Waals surface area (Å²) < 4.78 is 15.4. The van der Waals surface area contributed by atoms with Gasteiger partial charge in [-0.1, -0.05) is 0 Å². The summed E-state index contributed by atoms with van der Waals surface area (Å²) in [7, 11) is 0. The average Bonchev–Trinajstić information content (AvgIpc) is 2.61. The molecule has 0 aromatic heterocycles. The average molecular weight is 368 g/mol. The molecule has 0 aromatic rings. The van der Waals surface area contributed by atoms with Crippen LogP contribution in [0.15, 0.2) is 0 Å².